The summed E-state index contributed by atoms with van der Waals surface area (Å²) >= 11 is 7.21. The topological polar surface area (TPSA) is 68.0 Å². The van der Waals surface area contributed by atoms with Gasteiger partial charge in [-0.15, -0.1) is 11.3 Å². The van der Waals surface area contributed by atoms with Crippen LogP contribution in [0.1, 0.15) is 16.7 Å². The molecular formula is C12H12ClN3OS. The third kappa shape index (κ3) is 3.00. The molecule has 1 aromatic carbocycles. The van der Waals surface area contributed by atoms with E-state index in [4.69, 9.17) is 17.3 Å². The number of thiazole rings is 1. The second-order valence-corrected chi connectivity index (χ2v) is 5.14. The van der Waals surface area contributed by atoms with Crippen molar-refractivity contribution in [2.45, 2.75) is 13.0 Å². The third-order valence-corrected chi connectivity index (χ3v) is 3.60. The molecule has 0 aliphatic heterocycles. The second kappa shape index (κ2) is 5.37. The van der Waals surface area contributed by atoms with E-state index in [9.17, 15) is 4.79 Å². The number of aryl methyl sites for hydroxylation is 1. The van der Waals surface area contributed by atoms with Gasteiger partial charge in [-0.3, -0.25) is 4.79 Å². The number of carbonyl (C=O) groups excluding carboxylic acids is 1. The highest BCUT2D eigenvalue weighted by Gasteiger charge is 2.20. The predicted molar refractivity (Wildman–Crippen MR) is 73.9 cm³/mol. The minimum atomic E-state index is -0.620. The molecule has 1 heterocycles. The Kier molecular flexibility index (Phi) is 3.84. The molecular weight excluding hydrogens is 270 g/mol. The number of rotatable bonds is 4. The van der Waals surface area contributed by atoms with Gasteiger partial charge in [-0.2, -0.15) is 0 Å². The lowest BCUT2D eigenvalue weighted by Gasteiger charge is -2.14. The molecule has 1 amide bonds. The SMILES string of the molecule is Cc1csc(C(Nc2ccc(Cl)cc2)C(N)=O)n1. The summed E-state index contributed by atoms with van der Waals surface area (Å²) in [4.78, 5) is 15.8. The summed E-state index contributed by atoms with van der Waals surface area (Å²) in [6.07, 6.45) is 0. The zero-order chi connectivity index (χ0) is 13.1. The molecule has 0 aliphatic rings. The normalized spacial score (nSPS) is 12.1. The van der Waals surface area contributed by atoms with E-state index in [1.807, 2.05) is 12.3 Å². The van der Waals surface area contributed by atoms with E-state index in [0.29, 0.717) is 10.0 Å². The number of nitrogens with two attached hydrogens (primary N) is 1. The smallest absolute Gasteiger partial charge is 0.247 e. The van der Waals surface area contributed by atoms with Crippen LogP contribution in [-0.4, -0.2) is 10.9 Å². The molecule has 0 spiro atoms. The fourth-order valence-corrected chi connectivity index (χ4v) is 2.45. The number of carbonyl (C=O) groups is 1. The van der Waals surface area contributed by atoms with Crippen LogP contribution in [0.4, 0.5) is 5.69 Å². The first-order valence-electron chi connectivity index (χ1n) is 5.29. The molecule has 4 nitrogen and oxygen atoms in total. The Morgan fingerprint density at radius 2 is 2.11 bits per heavy atom. The minimum Gasteiger partial charge on any atom is -0.368 e. The van der Waals surface area contributed by atoms with Crippen LogP contribution < -0.4 is 11.1 Å². The number of primary amides is 1. The van der Waals surface area contributed by atoms with Crippen molar-refractivity contribution < 1.29 is 4.79 Å². The van der Waals surface area contributed by atoms with Crippen LogP contribution >= 0.6 is 22.9 Å². The Balaban J connectivity index is 2.22. The van der Waals surface area contributed by atoms with Crippen LogP contribution in [0, 0.1) is 6.92 Å². The number of hydrogen-bond donors (Lipinski definition) is 2. The van der Waals surface area contributed by atoms with Gasteiger partial charge in [-0.1, -0.05) is 11.6 Å². The van der Waals surface area contributed by atoms with Crippen LogP contribution in [0.2, 0.25) is 5.02 Å². The van der Waals surface area contributed by atoms with E-state index >= 15 is 0 Å². The van der Waals surface area contributed by atoms with Crippen molar-refractivity contribution >= 4 is 34.5 Å². The van der Waals surface area contributed by atoms with Crippen molar-refractivity contribution in [1.82, 2.24) is 4.98 Å². The van der Waals surface area contributed by atoms with E-state index in [-0.39, 0.29) is 0 Å². The van der Waals surface area contributed by atoms with Gasteiger partial charge in [0.15, 0.2) is 6.04 Å². The lowest BCUT2D eigenvalue weighted by atomic mass is 10.2. The molecule has 0 saturated heterocycles. The van der Waals surface area contributed by atoms with E-state index in [1.54, 1.807) is 24.3 Å². The molecule has 1 aromatic heterocycles. The van der Waals surface area contributed by atoms with E-state index in [1.165, 1.54) is 11.3 Å². The maximum Gasteiger partial charge on any atom is 0.247 e. The molecule has 18 heavy (non-hydrogen) atoms. The summed E-state index contributed by atoms with van der Waals surface area (Å²) in [6, 6.07) is 6.45. The number of nitrogens with one attached hydrogen (secondary N) is 1. The van der Waals surface area contributed by atoms with Crippen molar-refractivity contribution in [3.63, 3.8) is 0 Å². The molecule has 2 rings (SSSR count). The van der Waals surface area contributed by atoms with E-state index in [0.717, 1.165) is 11.4 Å². The van der Waals surface area contributed by atoms with Gasteiger partial charge in [0.25, 0.3) is 0 Å². The van der Waals surface area contributed by atoms with E-state index < -0.39 is 11.9 Å². The standard InChI is InChI=1S/C12H12ClN3OS/c1-7-6-18-12(15-7)10(11(14)17)16-9-4-2-8(13)3-5-9/h2-6,10,16H,1H3,(H2,14,17). The van der Waals surface area contributed by atoms with Crippen molar-refractivity contribution in [3.05, 3.63) is 45.4 Å². The van der Waals surface area contributed by atoms with Crippen LogP contribution in [0.25, 0.3) is 0 Å². The van der Waals surface area contributed by atoms with E-state index in [2.05, 4.69) is 10.3 Å². The number of amides is 1. The van der Waals surface area contributed by atoms with Gasteiger partial charge in [0.2, 0.25) is 5.91 Å². The summed E-state index contributed by atoms with van der Waals surface area (Å²) < 4.78 is 0. The van der Waals surface area contributed by atoms with Gasteiger partial charge < -0.3 is 11.1 Å². The zero-order valence-electron chi connectivity index (χ0n) is 9.68. The van der Waals surface area contributed by atoms with Crippen LogP contribution in [-0.2, 0) is 4.79 Å². The highest BCUT2D eigenvalue weighted by molar-refractivity contribution is 7.09. The molecule has 0 bridgehead atoms. The number of halogens is 1. The fourth-order valence-electron chi connectivity index (χ4n) is 1.47. The quantitative estimate of drug-likeness (QED) is 0.905. The number of anilines is 1. The molecule has 0 aliphatic carbocycles. The Labute approximate surface area is 114 Å². The van der Waals surface area contributed by atoms with Gasteiger partial charge >= 0.3 is 0 Å². The number of benzene rings is 1. The van der Waals surface area contributed by atoms with Crippen LogP contribution in [0.5, 0.6) is 0 Å². The molecule has 94 valence electrons. The Morgan fingerprint density at radius 1 is 1.44 bits per heavy atom. The molecule has 2 aromatic rings. The second-order valence-electron chi connectivity index (χ2n) is 3.81. The minimum absolute atomic E-state index is 0.459. The largest absolute Gasteiger partial charge is 0.368 e. The molecule has 1 unspecified atom stereocenters. The summed E-state index contributed by atoms with van der Waals surface area (Å²) in [5.74, 6) is -0.459. The lowest BCUT2D eigenvalue weighted by Crippen LogP contribution is -2.27. The first-order chi connectivity index (χ1) is 8.56. The first kappa shape index (κ1) is 12.9. The molecule has 0 radical (unpaired) electrons. The Hall–Kier alpha value is -1.59. The van der Waals surface area contributed by atoms with Crippen molar-refractivity contribution in [2.24, 2.45) is 5.73 Å². The monoisotopic (exact) mass is 281 g/mol. The Morgan fingerprint density at radius 3 is 2.61 bits per heavy atom. The predicted octanol–water partition coefficient (Wildman–Crippen LogP) is 2.74. The molecule has 0 saturated carbocycles. The van der Waals surface area contributed by atoms with Gasteiger partial charge in [0, 0.05) is 21.8 Å². The summed E-state index contributed by atoms with van der Waals surface area (Å²) in [6.45, 7) is 1.88. The van der Waals surface area contributed by atoms with Crippen molar-refractivity contribution in [1.29, 1.82) is 0 Å². The average molecular weight is 282 g/mol. The van der Waals surface area contributed by atoms with Crippen molar-refractivity contribution in [3.8, 4) is 0 Å². The average Bonchev–Trinajstić information content (AvgIpc) is 2.74. The van der Waals surface area contributed by atoms with Gasteiger partial charge in [0.05, 0.1) is 0 Å². The summed E-state index contributed by atoms with van der Waals surface area (Å²) in [5.41, 5.74) is 7.04. The highest BCUT2D eigenvalue weighted by Crippen LogP contribution is 2.23. The molecule has 3 N–H and O–H groups in total. The number of nitrogens with zero attached hydrogens (tertiary/aromatic N) is 1. The maximum atomic E-state index is 11.5. The number of hydrogen-bond acceptors (Lipinski definition) is 4. The fraction of sp³-hybridized carbons (Fsp3) is 0.167. The van der Waals surface area contributed by atoms with Crippen LogP contribution in [0.15, 0.2) is 29.6 Å². The van der Waals surface area contributed by atoms with Gasteiger partial charge in [-0.25, -0.2) is 4.98 Å². The molecule has 6 heteroatoms. The highest BCUT2D eigenvalue weighted by atomic mass is 35.5. The summed E-state index contributed by atoms with van der Waals surface area (Å²) in [5, 5.41) is 6.24. The maximum absolute atomic E-state index is 11.5. The molecule has 0 fully saturated rings. The molecule has 1 atom stereocenters. The van der Waals surface area contributed by atoms with Gasteiger partial charge in [-0.05, 0) is 31.2 Å². The first-order valence-corrected chi connectivity index (χ1v) is 6.55. The Bertz CT molecular complexity index is 553. The zero-order valence-corrected chi connectivity index (χ0v) is 11.3. The summed E-state index contributed by atoms with van der Waals surface area (Å²) in [7, 11) is 0. The number of aromatic nitrogens is 1. The van der Waals surface area contributed by atoms with Crippen molar-refractivity contribution in [2.75, 3.05) is 5.32 Å². The third-order valence-electron chi connectivity index (χ3n) is 2.32. The van der Waals surface area contributed by atoms with Crippen LogP contribution in [0.3, 0.4) is 0 Å². The van der Waals surface area contributed by atoms with Gasteiger partial charge in [0.1, 0.15) is 5.01 Å². The lowest BCUT2D eigenvalue weighted by molar-refractivity contribution is -0.118.